The molecule has 0 amide bonds. The maximum atomic E-state index is 4.00. The van der Waals surface area contributed by atoms with Gasteiger partial charge in [0.2, 0.25) is 0 Å². The SMILES string of the molecule is C=CC[P](CCCC)(CCCC)CCCC. The summed E-state index contributed by atoms with van der Waals surface area (Å²) in [5.74, 6) is 0. The molecule has 0 saturated heterocycles. The van der Waals surface area contributed by atoms with Crippen LogP contribution < -0.4 is 0 Å². The van der Waals surface area contributed by atoms with Gasteiger partial charge in [0.1, 0.15) is 0 Å². The van der Waals surface area contributed by atoms with Gasteiger partial charge in [-0.15, -0.1) is 13.8 Å². The van der Waals surface area contributed by atoms with E-state index in [4.69, 9.17) is 0 Å². The van der Waals surface area contributed by atoms with Crippen molar-refractivity contribution < 1.29 is 0 Å². The first-order chi connectivity index (χ1) is 7.74. The molecule has 0 aliphatic rings. The fourth-order valence-electron chi connectivity index (χ4n) is 2.36. The van der Waals surface area contributed by atoms with E-state index < -0.39 is 7.26 Å². The van der Waals surface area contributed by atoms with Crippen molar-refractivity contribution >= 4 is 7.26 Å². The molecular weight excluding hydrogens is 211 g/mol. The first kappa shape index (κ1) is 16.2. The fraction of sp³-hybridized carbons (Fsp3) is 0.867. The average Bonchev–Trinajstić information content (AvgIpc) is 2.31. The molecule has 1 radical (unpaired) electrons. The maximum Gasteiger partial charge on any atom is -0.0181 e. The Morgan fingerprint density at radius 3 is 1.44 bits per heavy atom. The first-order valence-corrected chi connectivity index (χ1v) is 9.73. The second-order valence-electron chi connectivity index (χ2n) is 5.04. The van der Waals surface area contributed by atoms with Crippen molar-refractivity contribution in [2.45, 2.75) is 59.3 Å². The highest BCUT2D eigenvalue weighted by atomic mass is 31.2. The van der Waals surface area contributed by atoms with E-state index in [1.54, 1.807) is 0 Å². The van der Waals surface area contributed by atoms with Crippen molar-refractivity contribution in [3.05, 3.63) is 12.7 Å². The van der Waals surface area contributed by atoms with E-state index in [1.165, 1.54) is 63.2 Å². The minimum atomic E-state index is -0.664. The second-order valence-corrected chi connectivity index (χ2v) is 9.43. The van der Waals surface area contributed by atoms with Gasteiger partial charge in [0.05, 0.1) is 0 Å². The molecule has 0 aliphatic carbocycles. The molecule has 0 heterocycles. The van der Waals surface area contributed by atoms with Crippen LogP contribution in [0, 0.1) is 0 Å². The minimum Gasteiger partial charge on any atom is -0.122 e. The van der Waals surface area contributed by atoms with Crippen molar-refractivity contribution in [1.29, 1.82) is 0 Å². The maximum absolute atomic E-state index is 4.00. The molecule has 0 spiro atoms. The number of allylic oxidation sites excluding steroid dienone is 1. The van der Waals surface area contributed by atoms with Crippen LogP contribution in [0.5, 0.6) is 0 Å². The Labute approximate surface area is 104 Å². The molecular formula is C15H32P. The Hall–Kier alpha value is 0.170. The Morgan fingerprint density at radius 1 is 0.812 bits per heavy atom. The van der Waals surface area contributed by atoms with Crippen LogP contribution in [0.15, 0.2) is 12.7 Å². The molecule has 0 N–H and O–H groups in total. The van der Waals surface area contributed by atoms with Gasteiger partial charge in [-0.05, 0) is 43.9 Å². The predicted molar refractivity (Wildman–Crippen MR) is 81.3 cm³/mol. The van der Waals surface area contributed by atoms with Crippen LogP contribution in [0.1, 0.15) is 59.3 Å². The molecule has 16 heavy (non-hydrogen) atoms. The molecule has 0 rings (SSSR count). The van der Waals surface area contributed by atoms with E-state index in [2.05, 4.69) is 33.4 Å². The van der Waals surface area contributed by atoms with Gasteiger partial charge < -0.3 is 0 Å². The number of hydrogen-bond acceptors (Lipinski definition) is 0. The predicted octanol–water partition coefficient (Wildman–Crippen LogP) is 5.59. The quantitative estimate of drug-likeness (QED) is 0.328. The summed E-state index contributed by atoms with van der Waals surface area (Å²) in [5.41, 5.74) is 0. The van der Waals surface area contributed by atoms with Crippen molar-refractivity contribution in [2.24, 2.45) is 0 Å². The van der Waals surface area contributed by atoms with Crippen molar-refractivity contribution in [1.82, 2.24) is 0 Å². The second kappa shape index (κ2) is 10.3. The van der Waals surface area contributed by atoms with E-state index in [1.807, 2.05) is 0 Å². The lowest BCUT2D eigenvalue weighted by Gasteiger charge is -2.36. The van der Waals surface area contributed by atoms with Crippen molar-refractivity contribution in [3.63, 3.8) is 0 Å². The standard InChI is InChI=1S/C15H32P/c1-5-9-13-16(12-8-4,14-10-6-2)15-11-7-3/h8H,4-7,9-15H2,1-3H3. The Kier molecular flexibility index (Phi) is 10.4. The third-order valence-corrected chi connectivity index (χ3v) is 8.30. The number of unbranched alkanes of at least 4 members (excludes halogenated alkanes) is 3. The molecule has 0 unspecified atom stereocenters. The van der Waals surface area contributed by atoms with Gasteiger partial charge in [-0.1, -0.05) is 46.1 Å². The Morgan fingerprint density at radius 2 is 1.19 bits per heavy atom. The highest BCUT2D eigenvalue weighted by Crippen LogP contribution is 2.60. The summed E-state index contributed by atoms with van der Waals surface area (Å²) in [6.07, 6.45) is 16.5. The first-order valence-electron chi connectivity index (χ1n) is 7.20. The third kappa shape index (κ3) is 6.69. The van der Waals surface area contributed by atoms with Crippen LogP contribution in [0.2, 0.25) is 0 Å². The molecule has 0 aromatic rings. The van der Waals surface area contributed by atoms with Gasteiger partial charge in [0, 0.05) is 0 Å². The highest BCUT2D eigenvalue weighted by Gasteiger charge is 2.23. The van der Waals surface area contributed by atoms with Crippen LogP contribution >= 0.6 is 7.26 Å². The van der Waals surface area contributed by atoms with Crippen LogP contribution in [-0.2, 0) is 0 Å². The van der Waals surface area contributed by atoms with Crippen LogP contribution in [0.25, 0.3) is 0 Å². The van der Waals surface area contributed by atoms with Gasteiger partial charge in [0.25, 0.3) is 0 Å². The molecule has 0 aromatic heterocycles. The zero-order chi connectivity index (χ0) is 12.3. The number of hydrogen-bond donors (Lipinski definition) is 0. The summed E-state index contributed by atoms with van der Waals surface area (Å²) in [6, 6.07) is 0. The van der Waals surface area contributed by atoms with Gasteiger partial charge in [-0.3, -0.25) is 0 Å². The summed E-state index contributed by atoms with van der Waals surface area (Å²) in [6.45, 7) is 11.0. The molecule has 0 atom stereocenters. The molecule has 0 aromatic carbocycles. The van der Waals surface area contributed by atoms with Gasteiger partial charge in [-0.25, -0.2) is 0 Å². The van der Waals surface area contributed by atoms with Gasteiger partial charge >= 0.3 is 0 Å². The molecule has 0 saturated carbocycles. The summed E-state index contributed by atoms with van der Waals surface area (Å²) < 4.78 is 0. The van der Waals surface area contributed by atoms with Gasteiger partial charge in [0.15, 0.2) is 0 Å². The smallest absolute Gasteiger partial charge is 0.0181 e. The fourth-order valence-corrected chi connectivity index (χ4v) is 7.09. The van der Waals surface area contributed by atoms with Crippen LogP contribution in [0.4, 0.5) is 0 Å². The molecule has 97 valence electrons. The summed E-state index contributed by atoms with van der Waals surface area (Å²) in [7, 11) is -0.664. The normalized spacial score (nSPS) is 11.7. The largest absolute Gasteiger partial charge is 0.122 e. The van der Waals surface area contributed by atoms with E-state index >= 15 is 0 Å². The highest BCUT2D eigenvalue weighted by molar-refractivity contribution is 7.76. The average molecular weight is 243 g/mol. The molecule has 0 fully saturated rings. The molecule has 1 heteroatoms. The summed E-state index contributed by atoms with van der Waals surface area (Å²) in [5, 5.41) is 0. The Bertz CT molecular complexity index is 141. The number of rotatable bonds is 11. The van der Waals surface area contributed by atoms with Crippen molar-refractivity contribution in [3.8, 4) is 0 Å². The van der Waals surface area contributed by atoms with Crippen LogP contribution in [0.3, 0.4) is 0 Å². The topological polar surface area (TPSA) is 0 Å². The van der Waals surface area contributed by atoms with E-state index in [9.17, 15) is 0 Å². The molecule has 0 aliphatic heterocycles. The monoisotopic (exact) mass is 243 g/mol. The van der Waals surface area contributed by atoms with E-state index in [0.29, 0.717) is 0 Å². The van der Waals surface area contributed by atoms with Crippen molar-refractivity contribution in [2.75, 3.05) is 24.6 Å². The van der Waals surface area contributed by atoms with E-state index in [0.717, 1.165) is 0 Å². The Balaban J connectivity index is 4.37. The lowest BCUT2D eigenvalue weighted by molar-refractivity contribution is 0.836. The summed E-state index contributed by atoms with van der Waals surface area (Å²) >= 11 is 0. The lowest BCUT2D eigenvalue weighted by atomic mass is 10.4. The van der Waals surface area contributed by atoms with Gasteiger partial charge in [-0.2, -0.15) is 0 Å². The lowest BCUT2D eigenvalue weighted by Crippen LogP contribution is -2.11. The van der Waals surface area contributed by atoms with E-state index in [-0.39, 0.29) is 0 Å². The minimum absolute atomic E-state index is 0.664. The van der Waals surface area contributed by atoms with Crippen LogP contribution in [-0.4, -0.2) is 24.6 Å². The molecule has 0 nitrogen and oxygen atoms in total. The third-order valence-electron chi connectivity index (χ3n) is 3.47. The molecule has 0 bridgehead atoms. The summed E-state index contributed by atoms with van der Waals surface area (Å²) in [4.78, 5) is 0. The zero-order valence-corrected chi connectivity index (χ0v) is 12.7. The zero-order valence-electron chi connectivity index (χ0n) is 11.8.